The van der Waals surface area contributed by atoms with Gasteiger partial charge in [-0.3, -0.25) is 0 Å². The first-order valence-electron chi connectivity index (χ1n) is 5.68. The number of nitrogens with zero attached hydrogens (tertiary/aromatic N) is 1. The fourth-order valence-electron chi connectivity index (χ4n) is 2.40. The second kappa shape index (κ2) is 6.67. The third-order valence-corrected chi connectivity index (χ3v) is 3.42. The van der Waals surface area contributed by atoms with E-state index in [1.807, 2.05) is 0 Å². The molecule has 13 heavy (non-hydrogen) atoms. The Morgan fingerprint density at radius 2 is 1.62 bits per heavy atom. The number of hydrogen-bond acceptors (Lipinski definition) is 0. The molecule has 1 saturated heterocycles. The molecule has 1 fully saturated rings. The molecular formula is C11H24ClN. The lowest BCUT2D eigenvalue weighted by Crippen LogP contribution is -3.00. The van der Waals surface area contributed by atoms with E-state index >= 15 is 0 Å². The molecule has 0 spiro atoms. The topological polar surface area (TPSA) is 0 Å². The monoisotopic (exact) mass is 205 g/mol. The third-order valence-electron chi connectivity index (χ3n) is 3.42. The Hall–Kier alpha value is 0.250. The van der Waals surface area contributed by atoms with Gasteiger partial charge < -0.3 is 16.9 Å². The highest BCUT2D eigenvalue weighted by Gasteiger charge is 2.28. The summed E-state index contributed by atoms with van der Waals surface area (Å²) in [6.07, 6.45) is 7.19. The predicted molar refractivity (Wildman–Crippen MR) is 54.2 cm³/mol. The molecular weight excluding hydrogens is 182 g/mol. The van der Waals surface area contributed by atoms with Gasteiger partial charge in [0.1, 0.15) is 0 Å². The first-order chi connectivity index (χ1) is 5.83. The van der Waals surface area contributed by atoms with E-state index in [0.717, 1.165) is 0 Å². The van der Waals surface area contributed by atoms with Gasteiger partial charge in [-0.2, -0.15) is 0 Å². The minimum atomic E-state index is 0. The molecule has 0 N–H and O–H groups in total. The average Bonchev–Trinajstić information content (AvgIpc) is 2.55. The summed E-state index contributed by atoms with van der Waals surface area (Å²) in [4.78, 5) is 0. The summed E-state index contributed by atoms with van der Waals surface area (Å²) in [6.45, 7) is 10.4. The van der Waals surface area contributed by atoms with Gasteiger partial charge in [0.25, 0.3) is 0 Å². The molecule has 80 valence electrons. The van der Waals surface area contributed by atoms with Gasteiger partial charge >= 0.3 is 0 Å². The van der Waals surface area contributed by atoms with E-state index < -0.39 is 0 Å². The zero-order valence-corrected chi connectivity index (χ0v) is 9.95. The molecule has 0 amide bonds. The van der Waals surface area contributed by atoms with Crippen molar-refractivity contribution in [3.63, 3.8) is 0 Å². The van der Waals surface area contributed by atoms with Crippen molar-refractivity contribution < 1.29 is 16.9 Å². The second-order valence-corrected chi connectivity index (χ2v) is 4.24. The molecule has 0 aromatic carbocycles. The summed E-state index contributed by atoms with van der Waals surface area (Å²) < 4.78 is 1.43. The molecule has 0 saturated carbocycles. The van der Waals surface area contributed by atoms with Crippen LogP contribution < -0.4 is 12.4 Å². The largest absolute Gasteiger partial charge is 1.00 e. The van der Waals surface area contributed by atoms with Crippen LogP contribution in [0.25, 0.3) is 0 Å². The lowest BCUT2D eigenvalue weighted by Gasteiger charge is -2.33. The van der Waals surface area contributed by atoms with Gasteiger partial charge in [-0.15, -0.1) is 0 Å². The van der Waals surface area contributed by atoms with E-state index in [1.165, 1.54) is 62.8 Å². The van der Waals surface area contributed by atoms with Gasteiger partial charge in [0.2, 0.25) is 0 Å². The van der Waals surface area contributed by atoms with Crippen molar-refractivity contribution in [3.8, 4) is 0 Å². The maximum Gasteiger partial charge on any atom is 0.0788 e. The van der Waals surface area contributed by atoms with Crippen molar-refractivity contribution in [1.29, 1.82) is 0 Å². The van der Waals surface area contributed by atoms with Crippen molar-refractivity contribution in [3.05, 3.63) is 0 Å². The lowest BCUT2D eigenvalue weighted by atomic mass is 10.2. The van der Waals surface area contributed by atoms with E-state index in [2.05, 4.69) is 13.8 Å². The third kappa shape index (κ3) is 3.86. The van der Waals surface area contributed by atoms with Crippen LogP contribution in [0.2, 0.25) is 0 Å². The van der Waals surface area contributed by atoms with Gasteiger partial charge in [-0.25, -0.2) is 0 Å². The Bertz CT molecular complexity index is 119. The molecule has 0 aliphatic carbocycles. The highest BCUT2D eigenvalue weighted by atomic mass is 35.5. The first-order valence-corrected chi connectivity index (χ1v) is 5.68. The summed E-state index contributed by atoms with van der Waals surface area (Å²) in [5.74, 6) is 0. The minimum Gasteiger partial charge on any atom is -1.00 e. The Morgan fingerprint density at radius 1 is 1.00 bits per heavy atom. The van der Waals surface area contributed by atoms with Crippen LogP contribution in [0, 0.1) is 0 Å². The molecule has 0 unspecified atom stereocenters. The van der Waals surface area contributed by atoms with E-state index in [4.69, 9.17) is 0 Å². The quantitative estimate of drug-likeness (QED) is 0.431. The van der Waals surface area contributed by atoms with Crippen LogP contribution >= 0.6 is 0 Å². The van der Waals surface area contributed by atoms with Crippen molar-refractivity contribution in [2.24, 2.45) is 0 Å². The first kappa shape index (κ1) is 13.2. The molecule has 1 aliphatic rings. The van der Waals surface area contributed by atoms with E-state index in [0.29, 0.717) is 0 Å². The average molecular weight is 206 g/mol. The van der Waals surface area contributed by atoms with Crippen molar-refractivity contribution >= 4 is 0 Å². The molecule has 1 nitrogen and oxygen atoms in total. The number of quaternary nitrogens is 1. The van der Waals surface area contributed by atoms with Crippen LogP contribution in [0.15, 0.2) is 0 Å². The molecule has 0 radical (unpaired) electrons. The van der Waals surface area contributed by atoms with Crippen LogP contribution in [0.4, 0.5) is 0 Å². The molecule has 1 aliphatic heterocycles. The number of unbranched alkanes of at least 4 members (excludes halogenated alkanes) is 2. The SMILES string of the molecule is CCCCC[N+]1(CC)CCCC1.[Cl-]. The molecule has 2 heteroatoms. The lowest BCUT2D eigenvalue weighted by molar-refractivity contribution is -0.915. The highest BCUT2D eigenvalue weighted by molar-refractivity contribution is 4.54. The predicted octanol–water partition coefficient (Wildman–Crippen LogP) is -0.189. The van der Waals surface area contributed by atoms with Crippen LogP contribution in [-0.4, -0.2) is 30.7 Å². The standard InChI is InChI=1S/C11H24N.ClH/c1-3-5-6-9-12(4-2)10-7-8-11-12;/h3-11H2,1-2H3;1H/q+1;/p-1. The number of hydrogen-bond donors (Lipinski definition) is 0. The van der Waals surface area contributed by atoms with Gasteiger partial charge in [0.15, 0.2) is 0 Å². The molecule has 0 bridgehead atoms. The molecule has 0 atom stereocenters. The van der Waals surface area contributed by atoms with Crippen molar-refractivity contribution in [2.45, 2.75) is 46.0 Å². The smallest absolute Gasteiger partial charge is 0.0788 e. The van der Waals surface area contributed by atoms with Gasteiger partial charge in [-0.1, -0.05) is 13.3 Å². The van der Waals surface area contributed by atoms with Crippen molar-refractivity contribution in [2.75, 3.05) is 26.2 Å². The van der Waals surface area contributed by atoms with Gasteiger partial charge in [0, 0.05) is 12.8 Å². The zero-order chi connectivity index (χ0) is 8.86. The zero-order valence-electron chi connectivity index (χ0n) is 9.19. The fourth-order valence-corrected chi connectivity index (χ4v) is 2.40. The highest BCUT2D eigenvalue weighted by Crippen LogP contribution is 2.20. The molecule has 0 aromatic heterocycles. The second-order valence-electron chi connectivity index (χ2n) is 4.24. The Kier molecular flexibility index (Phi) is 6.79. The van der Waals surface area contributed by atoms with E-state index in [9.17, 15) is 0 Å². The Labute approximate surface area is 89.5 Å². The summed E-state index contributed by atoms with van der Waals surface area (Å²) in [6, 6.07) is 0. The van der Waals surface area contributed by atoms with E-state index in [1.54, 1.807) is 0 Å². The number of halogens is 1. The molecule has 1 heterocycles. The maximum absolute atomic E-state index is 2.36. The van der Waals surface area contributed by atoms with Gasteiger partial charge in [-0.05, 0) is 19.8 Å². The molecule has 1 rings (SSSR count). The normalized spacial score (nSPS) is 19.8. The summed E-state index contributed by atoms with van der Waals surface area (Å²) in [7, 11) is 0. The van der Waals surface area contributed by atoms with Crippen LogP contribution in [0.1, 0.15) is 46.0 Å². The van der Waals surface area contributed by atoms with Crippen LogP contribution in [-0.2, 0) is 0 Å². The molecule has 0 aromatic rings. The van der Waals surface area contributed by atoms with Crippen LogP contribution in [0.5, 0.6) is 0 Å². The summed E-state index contributed by atoms with van der Waals surface area (Å²) >= 11 is 0. The Balaban J connectivity index is 0.00000144. The maximum atomic E-state index is 2.36. The van der Waals surface area contributed by atoms with Gasteiger partial charge in [0.05, 0.1) is 26.2 Å². The van der Waals surface area contributed by atoms with E-state index in [-0.39, 0.29) is 12.4 Å². The minimum absolute atomic E-state index is 0. The summed E-state index contributed by atoms with van der Waals surface area (Å²) in [5, 5.41) is 0. The van der Waals surface area contributed by atoms with Crippen molar-refractivity contribution in [1.82, 2.24) is 0 Å². The van der Waals surface area contributed by atoms with Crippen LogP contribution in [0.3, 0.4) is 0 Å². The Morgan fingerprint density at radius 3 is 2.08 bits per heavy atom. The summed E-state index contributed by atoms with van der Waals surface area (Å²) in [5.41, 5.74) is 0. The number of rotatable bonds is 5. The fraction of sp³-hybridized carbons (Fsp3) is 1.00. The number of likely N-dealkylation sites (tertiary alicyclic amines) is 1.